The molecule has 0 spiro atoms. The normalized spacial score (nSPS) is 11.1. The van der Waals surface area contributed by atoms with Gasteiger partial charge in [0.1, 0.15) is 10.8 Å². The summed E-state index contributed by atoms with van der Waals surface area (Å²) in [5, 5.41) is 3.34. The molecule has 0 fully saturated rings. The molecule has 0 aliphatic rings. The summed E-state index contributed by atoms with van der Waals surface area (Å²) >= 11 is 1.44. The van der Waals surface area contributed by atoms with Gasteiger partial charge in [0.25, 0.3) is 5.91 Å². The van der Waals surface area contributed by atoms with Crippen LogP contribution in [0.25, 0.3) is 0 Å². The van der Waals surface area contributed by atoms with Gasteiger partial charge in [-0.25, -0.2) is 4.98 Å². The molecular formula is C20H17F2N3O2S. The van der Waals surface area contributed by atoms with E-state index in [2.05, 4.69) is 20.0 Å². The quantitative estimate of drug-likeness (QED) is 0.564. The Morgan fingerprint density at radius 3 is 2.50 bits per heavy atom. The van der Waals surface area contributed by atoms with Gasteiger partial charge in [-0.05, 0) is 54.1 Å². The molecule has 0 saturated carbocycles. The Morgan fingerprint density at radius 2 is 1.82 bits per heavy atom. The SMILES string of the molecule is CC(F)(F)Oc1ccc(NC(=O)c2cccnc2SCc2ccncc2)cc1. The van der Waals surface area contributed by atoms with E-state index < -0.39 is 6.11 Å². The lowest BCUT2D eigenvalue weighted by molar-refractivity contribution is -0.158. The van der Waals surface area contributed by atoms with Crippen molar-refractivity contribution in [1.82, 2.24) is 9.97 Å². The Morgan fingerprint density at radius 1 is 1.11 bits per heavy atom. The predicted molar refractivity (Wildman–Crippen MR) is 104 cm³/mol. The molecule has 3 rings (SSSR count). The monoisotopic (exact) mass is 401 g/mol. The van der Waals surface area contributed by atoms with Gasteiger partial charge in [-0.3, -0.25) is 9.78 Å². The highest BCUT2D eigenvalue weighted by Crippen LogP contribution is 2.26. The number of anilines is 1. The number of carbonyl (C=O) groups is 1. The van der Waals surface area contributed by atoms with Crippen molar-refractivity contribution >= 4 is 23.4 Å². The molecule has 1 N–H and O–H groups in total. The van der Waals surface area contributed by atoms with E-state index in [9.17, 15) is 13.6 Å². The second kappa shape index (κ2) is 8.79. The fourth-order valence-corrected chi connectivity index (χ4v) is 3.27. The minimum Gasteiger partial charge on any atom is -0.433 e. The Labute approximate surface area is 165 Å². The smallest absolute Gasteiger partial charge is 0.394 e. The van der Waals surface area contributed by atoms with E-state index in [0.29, 0.717) is 29.0 Å². The molecule has 0 atom stereocenters. The number of nitrogens with one attached hydrogen (secondary N) is 1. The third kappa shape index (κ3) is 5.75. The van der Waals surface area contributed by atoms with Gasteiger partial charge in [0.2, 0.25) is 0 Å². The molecule has 0 bridgehead atoms. The zero-order valence-electron chi connectivity index (χ0n) is 14.9. The molecule has 3 aromatic rings. The van der Waals surface area contributed by atoms with Crippen molar-refractivity contribution < 1.29 is 18.3 Å². The van der Waals surface area contributed by atoms with E-state index in [-0.39, 0.29) is 11.7 Å². The molecule has 0 aliphatic carbocycles. The second-order valence-electron chi connectivity index (χ2n) is 5.89. The summed E-state index contributed by atoms with van der Waals surface area (Å²) < 4.78 is 30.2. The maximum Gasteiger partial charge on any atom is 0.394 e. The number of thioether (sulfide) groups is 1. The van der Waals surface area contributed by atoms with Crippen LogP contribution in [-0.4, -0.2) is 22.0 Å². The number of hydrogen-bond donors (Lipinski definition) is 1. The first-order valence-electron chi connectivity index (χ1n) is 8.36. The summed E-state index contributed by atoms with van der Waals surface area (Å²) in [6, 6.07) is 12.9. The first-order valence-corrected chi connectivity index (χ1v) is 9.34. The van der Waals surface area contributed by atoms with Crippen molar-refractivity contribution in [2.75, 3.05) is 5.32 Å². The van der Waals surface area contributed by atoms with Crippen LogP contribution in [0.3, 0.4) is 0 Å². The average molecular weight is 401 g/mol. The van der Waals surface area contributed by atoms with Gasteiger partial charge in [-0.2, -0.15) is 8.78 Å². The lowest BCUT2D eigenvalue weighted by atomic mass is 10.2. The van der Waals surface area contributed by atoms with Gasteiger partial charge in [-0.15, -0.1) is 11.8 Å². The van der Waals surface area contributed by atoms with Crippen LogP contribution >= 0.6 is 11.8 Å². The molecule has 1 amide bonds. The molecule has 1 aromatic carbocycles. The van der Waals surface area contributed by atoms with E-state index in [1.165, 1.54) is 36.0 Å². The number of nitrogens with zero attached hydrogens (tertiary/aromatic N) is 2. The topological polar surface area (TPSA) is 64.1 Å². The molecular weight excluding hydrogens is 384 g/mol. The van der Waals surface area contributed by atoms with Crippen LogP contribution in [0.5, 0.6) is 5.75 Å². The molecule has 0 unspecified atom stereocenters. The molecule has 0 aliphatic heterocycles. The average Bonchev–Trinajstić information content (AvgIpc) is 2.68. The van der Waals surface area contributed by atoms with Crippen LogP contribution in [0.4, 0.5) is 14.5 Å². The summed E-state index contributed by atoms with van der Waals surface area (Å²) in [5.74, 6) is 0.331. The molecule has 144 valence electrons. The molecule has 8 heteroatoms. The highest BCUT2D eigenvalue weighted by Gasteiger charge is 2.23. The molecule has 2 aromatic heterocycles. The van der Waals surface area contributed by atoms with Crippen LogP contribution in [0, 0.1) is 0 Å². The Bertz CT molecular complexity index is 932. The number of pyridine rings is 2. The zero-order valence-corrected chi connectivity index (χ0v) is 15.7. The van der Waals surface area contributed by atoms with Crippen LogP contribution in [0.15, 0.2) is 72.1 Å². The van der Waals surface area contributed by atoms with Crippen molar-refractivity contribution in [3.63, 3.8) is 0 Å². The molecule has 0 saturated heterocycles. The summed E-state index contributed by atoms with van der Waals surface area (Å²) in [7, 11) is 0. The van der Waals surface area contributed by atoms with Gasteiger partial charge >= 0.3 is 6.11 Å². The second-order valence-corrected chi connectivity index (χ2v) is 6.85. The summed E-state index contributed by atoms with van der Waals surface area (Å²) in [6.45, 7) is 0.663. The van der Waals surface area contributed by atoms with E-state index >= 15 is 0 Å². The number of benzene rings is 1. The van der Waals surface area contributed by atoms with Gasteiger partial charge in [-0.1, -0.05) is 0 Å². The minimum atomic E-state index is -3.26. The van der Waals surface area contributed by atoms with Crippen LogP contribution in [0.2, 0.25) is 0 Å². The number of ether oxygens (including phenoxy) is 1. The van der Waals surface area contributed by atoms with Crippen LogP contribution in [0.1, 0.15) is 22.8 Å². The molecule has 5 nitrogen and oxygen atoms in total. The number of aromatic nitrogens is 2. The van der Waals surface area contributed by atoms with E-state index in [1.54, 1.807) is 30.7 Å². The zero-order chi connectivity index (χ0) is 20.0. The Hall–Kier alpha value is -3.00. The van der Waals surface area contributed by atoms with E-state index in [4.69, 9.17) is 0 Å². The minimum absolute atomic E-state index is 0.0143. The first-order chi connectivity index (χ1) is 13.4. The van der Waals surface area contributed by atoms with Crippen molar-refractivity contribution in [2.45, 2.75) is 23.8 Å². The van der Waals surface area contributed by atoms with Gasteiger partial charge in [0.15, 0.2) is 0 Å². The van der Waals surface area contributed by atoms with Gasteiger partial charge < -0.3 is 10.1 Å². The lowest BCUT2D eigenvalue weighted by Gasteiger charge is -2.13. The van der Waals surface area contributed by atoms with Crippen LogP contribution in [-0.2, 0) is 5.75 Å². The lowest BCUT2D eigenvalue weighted by Crippen LogP contribution is -2.19. The number of amides is 1. The number of rotatable bonds is 7. The standard InChI is InChI=1S/C20H17F2N3O2S/c1-20(21,22)27-16-6-4-15(5-7-16)25-18(26)17-3-2-10-24-19(17)28-13-14-8-11-23-12-9-14/h2-12H,13H2,1H3,(H,25,26). The Kier molecular flexibility index (Phi) is 6.20. The van der Waals surface area contributed by atoms with Crippen molar-refractivity contribution in [3.8, 4) is 5.75 Å². The molecule has 2 heterocycles. The van der Waals surface area contributed by atoms with E-state index in [0.717, 1.165) is 5.56 Å². The molecule has 0 radical (unpaired) electrons. The fourth-order valence-electron chi connectivity index (χ4n) is 2.32. The largest absolute Gasteiger partial charge is 0.433 e. The fraction of sp³-hybridized carbons (Fsp3) is 0.150. The van der Waals surface area contributed by atoms with Crippen molar-refractivity contribution in [2.24, 2.45) is 0 Å². The Balaban J connectivity index is 1.67. The number of alkyl halides is 2. The van der Waals surface area contributed by atoms with Crippen molar-refractivity contribution in [1.29, 1.82) is 0 Å². The summed E-state index contributed by atoms with van der Waals surface area (Å²) in [4.78, 5) is 20.9. The predicted octanol–water partition coefficient (Wildman–Crippen LogP) is 5.01. The summed E-state index contributed by atoms with van der Waals surface area (Å²) in [6.07, 6.45) is 1.79. The van der Waals surface area contributed by atoms with Gasteiger partial charge in [0, 0.05) is 37.0 Å². The van der Waals surface area contributed by atoms with Crippen LogP contribution < -0.4 is 10.1 Å². The van der Waals surface area contributed by atoms with Crippen molar-refractivity contribution in [3.05, 3.63) is 78.2 Å². The maximum absolute atomic E-state index is 12.9. The van der Waals surface area contributed by atoms with E-state index in [1.807, 2.05) is 12.1 Å². The summed E-state index contributed by atoms with van der Waals surface area (Å²) in [5.41, 5.74) is 1.97. The third-order valence-electron chi connectivity index (χ3n) is 3.55. The highest BCUT2D eigenvalue weighted by atomic mass is 32.2. The number of halogens is 2. The van der Waals surface area contributed by atoms with Gasteiger partial charge in [0.05, 0.1) is 5.56 Å². The number of hydrogen-bond acceptors (Lipinski definition) is 5. The molecule has 28 heavy (non-hydrogen) atoms. The first kappa shape index (κ1) is 19.8. The highest BCUT2D eigenvalue weighted by molar-refractivity contribution is 7.98. The third-order valence-corrected chi connectivity index (χ3v) is 4.63. The number of carbonyl (C=O) groups excluding carboxylic acids is 1. The maximum atomic E-state index is 12.9.